The molecule has 2 rings (SSSR count). The van der Waals surface area contributed by atoms with Crippen LogP contribution in [-0.4, -0.2) is 31.3 Å². The monoisotopic (exact) mass is 248 g/mol. The highest BCUT2D eigenvalue weighted by Gasteiger charge is 2.21. The van der Waals surface area contributed by atoms with Crippen LogP contribution in [0.5, 0.6) is 0 Å². The molecule has 1 aliphatic heterocycles. The highest BCUT2D eigenvalue weighted by Crippen LogP contribution is 2.25. The molecular weight excluding hydrogens is 224 g/mol. The number of hydrogen-bond donors (Lipinski definition) is 2. The molecule has 1 aromatic carbocycles. The van der Waals surface area contributed by atoms with E-state index >= 15 is 0 Å². The zero-order valence-corrected chi connectivity index (χ0v) is 11.4. The minimum atomic E-state index is 0.312. The van der Waals surface area contributed by atoms with E-state index in [0.717, 1.165) is 26.1 Å². The molecule has 1 fully saturated rings. The zero-order valence-electron chi connectivity index (χ0n) is 11.4. The van der Waals surface area contributed by atoms with Gasteiger partial charge in [0.1, 0.15) is 0 Å². The van der Waals surface area contributed by atoms with Gasteiger partial charge in [0.15, 0.2) is 0 Å². The maximum Gasteiger partial charge on any atom is 0.0476 e. The maximum atomic E-state index is 9.17. The average molecular weight is 248 g/mol. The molecule has 3 nitrogen and oxygen atoms in total. The van der Waals surface area contributed by atoms with Crippen LogP contribution < -0.4 is 10.2 Å². The molecule has 3 heteroatoms. The molecule has 0 amide bonds. The molecule has 2 N–H and O–H groups in total. The van der Waals surface area contributed by atoms with E-state index in [0.29, 0.717) is 18.6 Å². The van der Waals surface area contributed by atoms with Gasteiger partial charge in [0.25, 0.3) is 0 Å². The van der Waals surface area contributed by atoms with Crippen LogP contribution in [0.3, 0.4) is 0 Å². The van der Waals surface area contributed by atoms with Crippen molar-refractivity contribution in [1.29, 1.82) is 0 Å². The number of hydrogen-bond acceptors (Lipinski definition) is 3. The fourth-order valence-electron chi connectivity index (χ4n) is 2.61. The summed E-state index contributed by atoms with van der Waals surface area (Å²) in [6, 6.07) is 9.21. The van der Waals surface area contributed by atoms with Gasteiger partial charge in [0.2, 0.25) is 0 Å². The molecule has 0 aliphatic carbocycles. The predicted octanol–water partition coefficient (Wildman–Crippen LogP) is 2.18. The fraction of sp³-hybridized carbons (Fsp3) is 0.600. The van der Waals surface area contributed by atoms with Crippen molar-refractivity contribution in [2.45, 2.75) is 26.3 Å². The highest BCUT2D eigenvalue weighted by atomic mass is 16.3. The molecular formula is C15H24N2O. The largest absolute Gasteiger partial charge is 0.396 e. The summed E-state index contributed by atoms with van der Waals surface area (Å²) in [5.41, 5.74) is 2.61. The van der Waals surface area contributed by atoms with Crippen molar-refractivity contribution in [2.24, 2.45) is 5.92 Å². The van der Waals surface area contributed by atoms with Gasteiger partial charge in [0, 0.05) is 37.3 Å². The topological polar surface area (TPSA) is 35.5 Å². The molecule has 1 aliphatic rings. The van der Waals surface area contributed by atoms with Gasteiger partial charge in [0.05, 0.1) is 0 Å². The van der Waals surface area contributed by atoms with E-state index in [1.165, 1.54) is 11.3 Å². The number of nitrogens with one attached hydrogen (secondary N) is 1. The Kier molecular flexibility index (Phi) is 4.61. The van der Waals surface area contributed by atoms with Crippen LogP contribution in [0.2, 0.25) is 0 Å². The van der Waals surface area contributed by atoms with Crippen molar-refractivity contribution in [1.82, 2.24) is 5.32 Å². The van der Waals surface area contributed by atoms with E-state index in [9.17, 15) is 5.11 Å². The minimum absolute atomic E-state index is 0.312. The number of rotatable bonds is 5. The summed E-state index contributed by atoms with van der Waals surface area (Å²) < 4.78 is 0. The first-order chi connectivity index (χ1) is 8.74. The zero-order chi connectivity index (χ0) is 13.0. The molecule has 0 bridgehead atoms. The van der Waals surface area contributed by atoms with Gasteiger partial charge in [-0.3, -0.25) is 0 Å². The molecule has 18 heavy (non-hydrogen) atoms. The first-order valence-corrected chi connectivity index (χ1v) is 6.93. The van der Waals surface area contributed by atoms with Crippen LogP contribution in [0.4, 0.5) is 5.69 Å². The van der Waals surface area contributed by atoms with Crippen LogP contribution in [-0.2, 0) is 0 Å². The summed E-state index contributed by atoms with van der Waals surface area (Å²) in [7, 11) is 0. The third-order valence-electron chi connectivity index (χ3n) is 3.81. The van der Waals surface area contributed by atoms with Crippen molar-refractivity contribution < 1.29 is 5.11 Å². The van der Waals surface area contributed by atoms with Crippen molar-refractivity contribution >= 4 is 5.69 Å². The lowest BCUT2D eigenvalue weighted by atomic mass is 10.1. The van der Waals surface area contributed by atoms with Gasteiger partial charge >= 0.3 is 0 Å². The summed E-state index contributed by atoms with van der Waals surface area (Å²) >= 11 is 0. The van der Waals surface area contributed by atoms with E-state index in [1.807, 2.05) is 0 Å². The van der Waals surface area contributed by atoms with E-state index in [2.05, 4.69) is 48.3 Å². The van der Waals surface area contributed by atoms with Crippen molar-refractivity contribution in [3.05, 3.63) is 29.8 Å². The second-order valence-corrected chi connectivity index (χ2v) is 5.15. The average Bonchev–Trinajstić information content (AvgIpc) is 2.88. The van der Waals surface area contributed by atoms with Crippen LogP contribution in [0.25, 0.3) is 0 Å². The predicted molar refractivity (Wildman–Crippen MR) is 75.9 cm³/mol. The van der Waals surface area contributed by atoms with E-state index in [-0.39, 0.29) is 0 Å². The second kappa shape index (κ2) is 6.21. The van der Waals surface area contributed by atoms with Gasteiger partial charge < -0.3 is 15.3 Å². The van der Waals surface area contributed by atoms with Gasteiger partial charge in [-0.1, -0.05) is 19.1 Å². The number of aliphatic hydroxyl groups is 1. The highest BCUT2D eigenvalue weighted by molar-refractivity contribution is 5.48. The smallest absolute Gasteiger partial charge is 0.0476 e. The molecule has 1 saturated heterocycles. The Morgan fingerprint density at radius 2 is 2.11 bits per heavy atom. The summed E-state index contributed by atoms with van der Waals surface area (Å²) in [5.74, 6) is 0.449. The van der Waals surface area contributed by atoms with Crippen LogP contribution in [0, 0.1) is 5.92 Å². The quantitative estimate of drug-likeness (QED) is 0.838. The maximum absolute atomic E-state index is 9.17. The first-order valence-electron chi connectivity index (χ1n) is 6.93. The summed E-state index contributed by atoms with van der Waals surface area (Å²) in [6.45, 7) is 7.67. The molecule has 2 unspecified atom stereocenters. The van der Waals surface area contributed by atoms with Gasteiger partial charge in [-0.25, -0.2) is 0 Å². The molecule has 0 saturated carbocycles. The minimum Gasteiger partial charge on any atom is -0.396 e. The Bertz CT molecular complexity index is 363. The molecule has 100 valence electrons. The summed E-state index contributed by atoms with van der Waals surface area (Å²) in [4.78, 5) is 2.36. The Morgan fingerprint density at radius 3 is 2.67 bits per heavy atom. The lowest BCUT2D eigenvalue weighted by molar-refractivity contribution is 0.238. The van der Waals surface area contributed by atoms with Gasteiger partial charge in [-0.05, 0) is 37.6 Å². The Morgan fingerprint density at radius 1 is 1.39 bits per heavy atom. The second-order valence-electron chi connectivity index (χ2n) is 5.15. The van der Waals surface area contributed by atoms with Crippen molar-refractivity contribution in [3.63, 3.8) is 0 Å². The van der Waals surface area contributed by atoms with E-state index in [4.69, 9.17) is 0 Å². The Hall–Kier alpha value is -1.06. The molecule has 0 radical (unpaired) electrons. The molecule has 1 aromatic rings. The van der Waals surface area contributed by atoms with Crippen LogP contribution >= 0.6 is 0 Å². The van der Waals surface area contributed by atoms with Gasteiger partial charge in [-0.2, -0.15) is 0 Å². The third kappa shape index (κ3) is 3.03. The standard InChI is InChI=1S/C15H24N2O/c1-3-16-12(2)14-4-6-15(7-5-14)17-9-8-13(10-17)11-18/h4-7,12-13,16,18H,3,8-11H2,1-2H3. The fourth-order valence-corrected chi connectivity index (χ4v) is 2.61. The normalized spacial score (nSPS) is 21.3. The Labute approximate surface area is 110 Å². The number of aliphatic hydroxyl groups excluding tert-OH is 1. The Balaban J connectivity index is 1.99. The van der Waals surface area contributed by atoms with E-state index < -0.39 is 0 Å². The number of nitrogens with zero attached hydrogens (tertiary/aromatic N) is 1. The van der Waals surface area contributed by atoms with Crippen LogP contribution in [0.1, 0.15) is 31.9 Å². The van der Waals surface area contributed by atoms with Crippen LogP contribution in [0.15, 0.2) is 24.3 Å². The third-order valence-corrected chi connectivity index (χ3v) is 3.81. The van der Waals surface area contributed by atoms with Crippen molar-refractivity contribution in [2.75, 3.05) is 31.1 Å². The molecule has 2 atom stereocenters. The summed E-state index contributed by atoms with van der Waals surface area (Å²) in [5, 5.41) is 12.6. The first kappa shape index (κ1) is 13.4. The van der Waals surface area contributed by atoms with Gasteiger partial charge in [-0.15, -0.1) is 0 Å². The summed E-state index contributed by atoms with van der Waals surface area (Å²) in [6.07, 6.45) is 1.10. The SMILES string of the molecule is CCNC(C)c1ccc(N2CCC(CO)C2)cc1. The molecule has 1 heterocycles. The van der Waals surface area contributed by atoms with E-state index in [1.54, 1.807) is 0 Å². The molecule has 0 spiro atoms. The number of benzene rings is 1. The lowest BCUT2D eigenvalue weighted by Gasteiger charge is -2.20. The number of anilines is 1. The van der Waals surface area contributed by atoms with Crippen molar-refractivity contribution in [3.8, 4) is 0 Å². The molecule has 0 aromatic heterocycles. The lowest BCUT2D eigenvalue weighted by Crippen LogP contribution is -2.21.